The molecule has 1 N–H and O–H groups in total. The Bertz CT molecular complexity index is 1170. The Kier molecular flexibility index (Phi) is 3.99. The molecule has 3 nitrogen and oxygen atoms in total. The molecule has 0 saturated carbocycles. The van der Waals surface area contributed by atoms with Crippen molar-refractivity contribution in [3.8, 4) is 22.4 Å². The molecule has 0 spiro atoms. The molecule has 0 atom stereocenters. The predicted octanol–water partition coefficient (Wildman–Crippen LogP) is 4.65. The maximum Gasteiger partial charge on any atom is 0.296 e. The summed E-state index contributed by atoms with van der Waals surface area (Å²) in [5.74, 6) is -3.28. The Morgan fingerprint density at radius 2 is 1.56 bits per heavy atom. The SMILES string of the molecule is O[n+]1ccc2c(-c3ccc(F)cc3F)ccnc2c1-c1c(F)cccc1F. The minimum absolute atomic E-state index is 0.0604. The normalized spacial score (nSPS) is 11.1. The van der Waals surface area contributed by atoms with Crippen LogP contribution in [-0.2, 0) is 0 Å². The molecule has 2 aromatic heterocycles. The molecule has 0 bridgehead atoms. The lowest BCUT2D eigenvalue weighted by atomic mass is 9.99. The molecule has 7 heteroatoms. The third-order valence-corrected chi connectivity index (χ3v) is 4.25. The highest BCUT2D eigenvalue weighted by atomic mass is 19.1. The Morgan fingerprint density at radius 3 is 2.26 bits per heavy atom. The van der Waals surface area contributed by atoms with Crippen molar-refractivity contribution in [1.82, 2.24) is 4.98 Å². The first kappa shape index (κ1) is 17.0. The van der Waals surface area contributed by atoms with Gasteiger partial charge in [0, 0.05) is 34.0 Å². The van der Waals surface area contributed by atoms with E-state index in [1.165, 1.54) is 36.7 Å². The molecular formula is C20H11F4N2O+. The smallest absolute Gasteiger partial charge is 0.284 e. The van der Waals surface area contributed by atoms with Gasteiger partial charge in [-0.15, -0.1) is 0 Å². The van der Waals surface area contributed by atoms with Crippen LogP contribution >= 0.6 is 0 Å². The molecule has 2 aromatic carbocycles. The summed E-state index contributed by atoms with van der Waals surface area (Å²) in [6.45, 7) is 0. The number of rotatable bonds is 2. The summed E-state index contributed by atoms with van der Waals surface area (Å²) in [6.07, 6.45) is 2.50. The number of hydrogen-bond donors (Lipinski definition) is 1. The molecule has 4 aromatic rings. The summed E-state index contributed by atoms with van der Waals surface area (Å²) in [4.78, 5) is 4.12. The van der Waals surface area contributed by atoms with Crippen molar-refractivity contribution in [3.63, 3.8) is 0 Å². The molecule has 134 valence electrons. The maximum absolute atomic E-state index is 14.3. The molecule has 0 amide bonds. The number of fused-ring (bicyclic) bond motifs is 1. The van der Waals surface area contributed by atoms with E-state index in [9.17, 15) is 22.8 Å². The van der Waals surface area contributed by atoms with E-state index in [1.54, 1.807) is 0 Å². The van der Waals surface area contributed by atoms with Crippen LogP contribution in [0.1, 0.15) is 0 Å². The van der Waals surface area contributed by atoms with Gasteiger partial charge in [-0.3, -0.25) is 5.21 Å². The summed E-state index contributed by atoms with van der Waals surface area (Å²) in [6, 6.07) is 9.37. The van der Waals surface area contributed by atoms with Crippen LogP contribution in [-0.4, -0.2) is 10.2 Å². The lowest BCUT2D eigenvalue weighted by Gasteiger charge is -2.09. The van der Waals surface area contributed by atoms with E-state index < -0.39 is 28.8 Å². The largest absolute Gasteiger partial charge is 0.296 e. The summed E-state index contributed by atoms with van der Waals surface area (Å²) in [5, 5.41) is 10.5. The average Bonchev–Trinajstić information content (AvgIpc) is 2.63. The zero-order chi connectivity index (χ0) is 19.1. The third kappa shape index (κ3) is 2.77. The topological polar surface area (TPSA) is 37.0 Å². The Hall–Kier alpha value is -3.48. The molecule has 0 unspecified atom stereocenters. The summed E-state index contributed by atoms with van der Waals surface area (Å²) >= 11 is 0. The molecule has 0 fully saturated rings. The van der Waals surface area contributed by atoms with Crippen LogP contribution in [0, 0.1) is 23.3 Å². The molecule has 2 heterocycles. The van der Waals surface area contributed by atoms with E-state index in [-0.39, 0.29) is 16.8 Å². The van der Waals surface area contributed by atoms with Crippen LogP contribution in [0.25, 0.3) is 33.3 Å². The van der Waals surface area contributed by atoms with Crippen molar-refractivity contribution in [3.05, 3.63) is 84.2 Å². The number of hydrogen-bond acceptors (Lipinski definition) is 2. The molecule has 0 radical (unpaired) electrons. The van der Waals surface area contributed by atoms with Crippen molar-refractivity contribution in [1.29, 1.82) is 0 Å². The first-order chi connectivity index (χ1) is 13.0. The number of nitrogens with zero attached hydrogens (tertiary/aromatic N) is 2. The molecule has 0 aliphatic heterocycles. The van der Waals surface area contributed by atoms with Gasteiger partial charge in [0.15, 0.2) is 0 Å². The summed E-state index contributed by atoms with van der Waals surface area (Å²) < 4.78 is 56.6. The first-order valence-corrected chi connectivity index (χ1v) is 7.90. The van der Waals surface area contributed by atoms with Gasteiger partial charge in [-0.1, -0.05) is 6.07 Å². The third-order valence-electron chi connectivity index (χ3n) is 4.25. The quantitative estimate of drug-likeness (QED) is 0.316. The Labute approximate surface area is 150 Å². The van der Waals surface area contributed by atoms with Gasteiger partial charge < -0.3 is 0 Å². The van der Waals surface area contributed by atoms with E-state index >= 15 is 0 Å². The van der Waals surface area contributed by atoms with Crippen LogP contribution in [0.4, 0.5) is 17.6 Å². The summed E-state index contributed by atoms with van der Waals surface area (Å²) in [5.41, 5.74) is -0.178. The number of halogens is 4. The van der Waals surface area contributed by atoms with Crippen molar-refractivity contribution < 1.29 is 27.5 Å². The number of aromatic nitrogens is 2. The molecule has 0 saturated heterocycles. The van der Waals surface area contributed by atoms with Crippen LogP contribution < -0.4 is 4.73 Å². The van der Waals surface area contributed by atoms with Gasteiger partial charge >= 0.3 is 0 Å². The zero-order valence-corrected chi connectivity index (χ0v) is 13.6. The second-order valence-electron chi connectivity index (χ2n) is 5.85. The fraction of sp³-hybridized carbons (Fsp3) is 0. The first-order valence-electron chi connectivity index (χ1n) is 7.90. The Balaban J connectivity index is 2.08. The second kappa shape index (κ2) is 6.35. The minimum Gasteiger partial charge on any atom is -0.284 e. The van der Waals surface area contributed by atoms with Gasteiger partial charge in [0.2, 0.25) is 6.20 Å². The van der Waals surface area contributed by atoms with Crippen LogP contribution in [0.15, 0.2) is 60.9 Å². The fourth-order valence-corrected chi connectivity index (χ4v) is 3.06. The van der Waals surface area contributed by atoms with Gasteiger partial charge in [-0.2, -0.15) is 0 Å². The van der Waals surface area contributed by atoms with Crippen molar-refractivity contribution in [2.45, 2.75) is 0 Å². The molecule has 0 aliphatic rings. The predicted molar refractivity (Wildman–Crippen MR) is 89.8 cm³/mol. The molecular weight excluding hydrogens is 360 g/mol. The number of benzene rings is 2. The van der Waals surface area contributed by atoms with E-state index in [1.807, 2.05) is 0 Å². The highest BCUT2D eigenvalue weighted by Crippen LogP contribution is 2.34. The van der Waals surface area contributed by atoms with E-state index in [0.29, 0.717) is 15.7 Å². The molecule has 27 heavy (non-hydrogen) atoms. The van der Waals surface area contributed by atoms with Gasteiger partial charge in [0.1, 0.15) is 34.3 Å². The highest BCUT2D eigenvalue weighted by Gasteiger charge is 2.27. The fourth-order valence-electron chi connectivity index (χ4n) is 3.06. The van der Waals surface area contributed by atoms with Gasteiger partial charge in [-0.25, -0.2) is 22.5 Å². The van der Waals surface area contributed by atoms with Crippen LogP contribution in [0.5, 0.6) is 0 Å². The van der Waals surface area contributed by atoms with E-state index in [2.05, 4.69) is 4.98 Å². The zero-order valence-electron chi connectivity index (χ0n) is 13.6. The lowest BCUT2D eigenvalue weighted by molar-refractivity contribution is -0.895. The second-order valence-corrected chi connectivity index (χ2v) is 5.85. The van der Waals surface area contributed by atoms with Gasteiger partial charge in [0.25, 0.3) is 5.69 Å². The van der Waals surface area contributed by atoms with E-state index in [4.69, 9.17) is 0 Å². The molecule has 4 rings (SSSR count). The maximum atomic E-state index is 14.3. The lowest BCUT2D eigenvalue weighted by Crippen LogP contribution is -2.33. The summed E-state index contributed by atoms with van der Waals surface area (Å²) in [7, 11) is 0. The van der Waals surface area contributed by atoms with E-state index in [0.717, 1.165) is 24.3 Å². The monoisotopic (exact) mass is 371 g/mol. The average molecular weight is 371 g/mol. The van der Waals surface area contributed by atoms with Crippen LogP contribution in [0.2, 0.25) is 0 Å². The van der Waals surface area contributed by atoms with Crippen molar-refractivity contribution >= 4 is 10.9 Å². The van der Waals surface area contributed by atoms with Crippen molar-refractivity contribution in [2.75, 3.05) is 0 Å². The number of pyridine rings is 2. The molecule has 0 aliphatic carbocycles. The standard InChI is InChI=1S/C20H11F4N2O/c21-11-4-5-13(17(24)10-11)12-6-8-25-19-14(12)7-9-26(27)20(19)18-15(22)2-1-3-16(18)23/h1-10,27H/q+1. The Morgan fingerprint density at radius 1 is 0.815 bits per heavy atom. The van der Waals surface area contributed by atoms with Gasteiger partial charge in [0.05, 0.1) is 0 Å². The van der Waals surface area contributed by atoms with Crippen LogP contribution in [0.3, 0.4) is 0 Å². The highest BCUT2D eigenvalue weighted by molar-refractivity contribution is 5.99. The van der Waals surface area contributed by atoms with Gasteiger partial charge in [-0.05, 0) is 35.9 Å². The minimum atomic E-state index is -0.884. The van der Waals surface area contributed by atoms with Crippen molar-refractivity contribution in [2.24, 2.45) is 0 Å².